The van der Waals surface area contributed by atoms with Gasteiger partial charge >= 0.3 is 0 Å². The first kappa shape index (κ1) is 20.9. The second kappa shape index (κ2) is 8.60. The summed E-state index contributed by atoms with van der Waals surface area (Å²) in [4.78, 5) is 34.3. The molecule has 2 amide bonds. The summed E-state index contributed by atoms with van der Waals surface area (Å²) < 4.78 is 0. The molecule has 5 heteroatoms. The van der Waals surface area contributed by atoms with Gasteiger partial charge in [0.2, 0.25) is 5.91 Å². The molecule has 2 fully saturated rings. The van der Waals surface area contributed by atoms with Crippen LogP contribution in [0.2, 0.25) is 0 Å². The Labute approximate surface area is 196 Å². The SMILES string of the molecule is O=C(C1c2ccccc2C(=O)N2CCc3ccccc3C12)N1CCC(N2CCCCC2)CC1. The van der Waals surface area contributed by atoms with Crippen LogP contribution < -0.4 is 0 Å². The van der Waals surface area contributed by atoms with Crippen molar-refractivity contribution in [2.45, 2.75) is 56.5 Å². The Morgan fingerprint density at radius 2 is 1.48 bits per heavy atom. The molecule has 6 rings (SSSR count). The smallest absolute Gasteiger partial charge is 0.254 e. The molecule has 0 spiro atoms. The van der Waals surface area contributed by atoms with E-state index in [1.165, 1.54) is 37.9 Å². The zero-order valence-electron chi connectivity index (χ0n) is 19.3. The lowest BCUT2D eigenvalue weighted by molar-refractivity contribution is -0.136. The highest BCUT2D eigenvalue weighted by Crippen LogP contribution is 2.46. The molecule has 0 aromatic heterocycles. The van der Waals surface area contributed by atoms with Crippen LogP contribution in [0, 0.1) is 0 Å². The molecule has 4 aliphatic rings. The molecule has 2 unspecified atom stereocenters. The molecule has 0 N–H and O–H groups in total. The number of piperidine rings is 2. The number of benzene rings is 2. The third kappa shape index (κ3) is 3.57. The van der Waals surface area contributed by atoms with Crippen molar-refractivity contribution in [2.75, 3.05) is 32.7 Å². The number of hydrogen-bond donors (Lipinski definition) is 0. The van der Waals surface area contributed by atoms with E-state index in [1.807, 2.05) is 35.2 Å². The van der Waals surface area contributed by atoms with Gasteiger partial charge in [0, 0.05) is 31.2 Å². The minimum absolute atomic E-state index is 0.0676. The van der Waals surface area contributed by atoms with Gasteiger partial charge in [0.1, 0.15) is 0 Å². The fourth-order valence-corrected chi connectivity index (χ4v) is 6.67. The van der Waals surface area contributed by atoms with E-state index in [0.29, 0.717) is 18.2 Å². The predicted octanol–water partition coefficient (Wildman–Crippen LogP) is 4.00. The summed E-state index contributed by atoms with van der Waals surface area (Å²) in [6.07, 6.45) is 6.94. The lowest BCUT2D eigenvalue weighted by Crippen LogP contribution is -2.53. The lowest BCUT2D eigenvalue weighted by atomic mass is 9.75. The number of fused-ring (bicyclic) bond motifs is 4. The van der Waals surface area contributed by atoms with Crippen LogP contribution in [0.25, 0.3) is 0 Å². The number of amides is 2. The van der Waals surface area contributed by atoms with Gasteiger partial charge in [0.25, 0.3) is 5.91 Å². The Kier molecular flexibility index (Phi) is 5.45. The normalized spacial score (nSPS) is 25.9. The molecule has 33 heavy (non-hydrogen) atoms. The molecule has 0 aliphatic carbocycles. The maximum Gasteiger partial charge on any atom is 0.254 e. The second-order valence-corrected chi connectivity index (χ2v) is 10.1. The average molecular weight is 444 g/mol. The van der Waals surface area contributed by atoms with Gasteiger partial charge in [-0.15, -0.1) is 0 Å². The highest BCUT2D eigenvalue weighted by molar-refractivity contribution is 6.01. The second-order valence-electron chi connectivity index (χ2n) is 10.1. The van der Waals surface area contributed by atoms with Crippen molar-refractivity contribution in [1.29, 1.82) is 0 Å². The zero-order chi connectivity index (χ0) is 22.4. The fourth-order valence-electron chi connectivity index (χ4n) is 6.67. The first-order chi connectivity index (χ1) is 16.2. The largest absolute Gasteiger partial charge is 0.342 e. The van der Waals surface area contributed by atoms with Gasteiger partial charge in [-0.05, 0) is 68.0 Å². The van der Waals surface area contributed by atoms with Gasteiger partial charge in [-0.2, -0.15) is 0 Å². The van der Waals surface area contributed by atoms with E-state index < -0.39 is 0 Å². The van der Waals surface area contributed by atoms with Crippen LogP contribution in [0.3, 0.4) is 0 Å². The summed E-state index contributed by atoms with van der Waals surface area (Å²) in [6.45, 7) is 4.74. The van der Waals surface area contributed by atoms with E-state index >= 15 is 0 Å². The molecule has 0 radical (unpaired) electrons. The van der Waals surface area contributed by atoms with Crippen molar-refractivity contribution in [3.8, 4) is 0 Å². The number of carbonyl (C=O) groups excluding carboxylic acids is 2. The summed E-state index contributed by atoms with van der Waals surface area (Å²) in [7, 11) is 0. The van der Waals surface area contributed by atoms with Crippen molar-refractivity contribution >= 4 is 11.8 Å². The van der Waals surface area contributed by atoms with Gasteiger partial charge in [-0.25, -0.2) is 0 Å². The van der Waals surface area contributed by atoms with Crippen LogP contribution in [-0.4, -0.2) is 65.3 Å². The molecule has 4 heterocycles. The molecular weight excluding hydrogens is 410 g/mol. The molecule has 2 saturated heterocycles. The number of nitrogens with zero attached hydrogens (tertiary/aromatic N) is 3. The van der Waals surface area contributed by atoms with Gasteiger partial charge in [-0.3, -0.25) is 9.59 Å². The van der Waals surface area contributed by atoms with E-state index in [0.717, 1.165) is 43.5 Å². The quantitative estimate of drug-likeness (QED) is 0.705. The van der Waals surface area contributed by atoms with E-state index in [9.17, 15) is 9.59 Å². The monoisotopic (exact) mass is 443 g/mol. The summed E-state index contributed by atoms with van der Waals surface area (Å²) in [6, 6.07) is 16.6. The first-order valence-corrected chi connectivity index (χ1v) is 12.7. The minimum atomic E-state index is -0.327. The van der Waals surface area contributed by atoms with Crippen molar-refractivity contribution < 1.29 is 9.59 Å². The van der Waals surface area contributed by atoms with Crippen LogP contribution in [0.4, 0.5) is 0 Å². The van der Waals surface area contributed by atoms with E-state index in [2.05, 4.69) is 28.0 Å². The first-order valence-electron chi connectivity index (χ1n) is 12.7. The molecule has 4 aliphatic heterocycles. The maximum absolute atomic E-state index is 14.1. The Hall–Kier alpha value is -2.66. The van der Waals surface area contributed by atoms with Gasteiger partial charge in [-0.1, -0.05) is 48.9 Å². The predicted molar refractivity (Wildman–Crippen MR) is 128 cm³/mol. The number of likely N-dealkylation sites (tertiary alicyclic amines) is 2. The summed E-state index contributed by atoms with van der Waals surface area (Å²) in [5.74, 6) is -0.0661. The summed E-state index contributed by atoms with van der Waals surface area (Å²) in [5.41, 5.74) is 4.03. The van der Waals surface area contributed by atoms with Crippen molar-refractivity contribution in [2.24, 2.45) is 0 Å². The van der Waals surface area contributed by atoms with E-state index in [-0.39, 0.29) is 23.8 Å². The van der Waals surface area contributed by atoms with Crippen LogP contribution in [-0.2, 0) is 11.2 Å². The van der Waals surface area contributed by atoms with E-state index in [1.54, 1.807) is 0 Å². The summed E-state index contributed by atoms with van der Waals surface area (Å²) in [5, 5.41) is 0. The molecular formula is C28H33N3O2. The van der Waals surface area contributed by atoms with Crippen molar-refractivity contribution in [1.82, 2.24) is 14.7 Å². The van der Waals surface area contributed by atoms with Crippen molar-refractivity contribution in [3.63, 3.8) is 0 Å². The molecule has 2 aromatic carbocycles. The molecule has 0 bridgehead atoms. The average Bonchev–Trinajstić information content (AvgIpc) is 2.89. The Balaban J connectivity index is 1.31. The zero-order valence-corrected chi connectivity index (χ0v) is 19.3. The minimum Gasteiger partial charge on any atom is -0.342 e. The number of carbonyl (C=O) groups is 2. The fraction of sp³-hybridized carbons (Fsp3) is 0.500. The van der Waals surface area contributed by atoms with Gasteiger partial charge in [0.05, 0.1) is 12.0 Å². The highest BCUT2D eigenvalue weighted by Gasteiger charge is 2.47. The molecule has 5 nitrogen and oxygen atoms in total. The number of rotatable bonds is 2. The van der Waals surface area contributed by atoms with Gasteiger partial charge < -0.3 is 14.7 Å². The third-order valence-electron chi connectivity index (χ3n) is 8.38. The molecule has 2 aromatic rings. The van der Waals surface area contributed by atoms with Crippen molar-refractivity contribution in [3.05, 3.63) is 70.8 Å². The Morgan fingerprint density at radius 1 is 0.788 bits per heavy atom. The van der Waals surface area contributed by atoms with Crippen LogP contribution >= 0.6 is 0 Å². The summed E-state index contributed by atoms with van der Waals surface area (Å²) >= 11 is 0. The Morgan fingerprint density at radius 3 is 2.27 bits per heavy atom. The van der Waals surface area contributed by atoms with Crippen LogP contribution in [0.1, 0.15) is 71.1 Å². The van der Waals surface area contributed by atoms with Crippen LogP contribution in [0.15, 0.2) is 48.5 Å². The molecule has 2 atom stereocenters. The van der Waals surface area contributed by atoms with E-state index in [4.69, 9.17) is 0 Å². The number of hydrogen-bond acceptors (Lipinski definition) is 3. The lowest BCUT2D eigenvalue weighted by Gasteiger charge is -2.47. The third-order valence-corrected chi connectivity index (χ3v) is 8.38. The molecule has 172 valence electrons. The maximum atomic E-state index is 14.1. The van der Waals surface area contributed by atoms with Crippen LogP contribution in [0.5, 0.6) is 0 Å². The van der Waals surface area contributed by atoms with Gasteiger partial charge in [0.15, 0.2) is 0 Å². The molecule has 0 saturated carbocycles. The Bertz CT molecular complexity index is 1050. The topological polar surface area (TPSA) is 43.9 Å². The highest BCUT2D eigenvalue weighted by atomic mass is 16.2. The standard InChI is InChI=1S/C28H33N3O2/c32-27-24-11-5-4-10-23(24)25(26-22-9-3-2-8-20(22)12-19-31(26)27)28(33)30-17-13-21(14-18-30)29-15-6-1-7-16-29/h2-5,8-11,21,25-26H,1,6-7,12-19H2.